The molecule has 0 saturated heterocycles. The average molecular weight is 306 g/mol. The summed E-state index contributed by atoms with van der Waals surface area (Å²) in [6, 6.07) is 4.56. The van der Waals surface area contributed by atoms with Gasteiger partial charge in [0.25, 0.3) is 5.91 Å². The molecular formula is C16H22N2O4. The number of ether oxygens (including phenoxy) is 1. The number of nitrogens with zero attached hydrogens (tertiary/aromatic N) is 1. The molecule has 1 aromatic rings. The molecule has 2 amide bonds. The molecule has 0 aromatic heterocycles. The van der Waals surface area contributed by atoms with E-state index in [0.29, 0.717) is 24.4 Å². The molecule has 1 aromatic carbocycles. The Morgan fingerprint density at radius 3 is 2.86 bits per heavy atom. The van der Waals surface area contributed by atoms with E-state index in [1.807, 2.05) is 13.8 Å². The molecule has 0 fully saturated rings. The molecule has 0 bridgehead atoms. The molecule has 0 spiro atoms. The molecule has 0 radical (unpaired) electrons. The van der Waals surface area contributed by atoms with Gasteiger partial charge in [-0.25, -0.2) is 0 Å². The molecule has 1 atom stereocenters. The zero-order valence-corrected chi connectivity index (χ0v) is 13.0. The van der Waals surface area contributed by atoms with Crippen LogP contribution in [0.15, 0.2) is 18.2 Å². The second-order valence-corrected chi connectivity index (χ2v) is 5.29. The number of phenolic OH excluding ortho intramolecular Hbond substituents is 1. The first-order chi connectivity index (χ1) is 10.6. The average Bonchev–Trinajstić information content (AvgIpc) is 2.50. The summed E-state index contributed by atoms with van der Waals surface area (Å²) >= 11 is 0. The van der Waals surface area contributed by atoms with Crippen molar-refractivity contribution in [2.75, 3.05) is 18.0 Å². The molecule has 6 nitrogen and oxygen atoms in total. The van der Waals surface area contributed by atoms with E-state index in [-0.39, 0.29) is 24.1 Å². The third kappa shape index (κ3) is 3.50. The van der Waals surface area contributed by atoms with Crippen LogP contribution in [-0.2, 0) is 9.59 Å². The lowest BCUT2D eigenvalue weighted by Crippen LogP contribution is -2.49. The SMILES string of the molecule is CCCCNC(=O)CN1C(=O)C(CC)Oc2ccc(O)cc21. The first-order valence-electron chi connectivity index (χ1n) is 7.64. The van der Waals surface area contributed by atoms with Crippen LogP contribution in [0.4, 0.5) is 5.69 Å². The lowest BCUT2D eigenvalue weighted by atomic mass is 10.1. The Labute approximate surface area is 130 Å². The van der Waals surface area contributed by atoms with Crippen molar-refractivity contribution in [2.45, 2.75) is 39.2 Å². The minimum atomic E-state index is -0.597. The lowest BCUT2D eigenvalue weighted by Gasteiger charge is -2.33. The second kappa shape index (κ2) is 7.15. The number of fused-ring (bicyclic) bond motifs is 1. The number of hydrogen-bond acceptors (Lipinski definition) is 4. The van der Waals surface area contributed by atoms with Crippen molar-refractivity contribution < 1.29 is 19.4 Å². The standard InChI is InChI=1S/C16H22N2O4/c1-3-5-8-17-15(20)10-18-12-9-11(19)6-7-14(12)22-13(4-2)16(18)21/h6-7,9,13,19H,3-5,8,10H2,1-2H3,(H,17,20). The van der Waals surface area contributed by atoms with Gasteiger partial charge in [-0.05, 0) is 25.0 Å². The number of carbonyl (C=O) groups is 2. The summed E-state index contributed by atoms with van der Waals surface area (Å²) in [5.74, 6) is 0.0613. The highest BCUT2D eigenvalue weighted by Gasteiger charge is 2.34. The van der Waals surface area contributed by atoms with Crippen LogP contribution in [0.25, 0.3) is 0 Å². The van der Waals surface area contributed by atoms with Gasteiger partial charge in [0, 0.05) is 12.6 Å². The number of unbranched alkanes of at least 4 members (excludes halogenated alkanes) is 1. The van der Waals surface area contributed by atoms with Gasteiger partial charge in [-0.3, -0.25) is 14.5 Å². The maximum atomic E-state index is 12.4. The summed E-state index contributed by atoms with van der Waals surface area (Å²) in [5.41, 5.74) is 0.431. The van der Waals surface area contributed by atoms with Crippen molar-refractivity contribution in [2.24, 2.45) is 0 Å². The van der Waals surface area contributed by atoms with Crippen molar-refractivity contribution in [3.05, 3.63) is 18.2 Å². The molecule has 2 N–H and O–H groups in total. The maximum Gasteiger partial charge on any atom is 0.268 e. The molecule has 0 aliphatic carbocycles. The second-order valence-electron chi connectivity index (χ2n) is 5.29. The van der Waals surface area contributed by atoms with E-state index in [4.69, 9.17) is 4.74 Å². The zero-order valence-electron chi connectivity index (χ0n) is 13.0. The highest BCUT2D eigenvalue weighted by molar-refractivity contribution is 6.04. The Morgan fingerprint density at radius 2 is 2.18 bits per heavy atom. The Morgan fingerprint density at radius 1 is 1.41 bits per heavy atom. The van der Waals surface area contributed by atoms with Crippen molar-refractivity contribution >= 4 is 17.5 Å². The summed E-state index contributed by atoms with van der Waals surface area (Å²) in [7, 11) is 0. The van der Waals surface area contributed by atoms with Gasteiger partial charge in [-0.2, -0.15) is 0 Å². The highest BCUT2D eigenvalue weighted by Crippen LogP contribution is 2.37. The van der Waals surface area contributed by atoms with Gasteiger partial charge < -0.3 is 15.2 Å². The number of anilines is 1. The Balaban J connectivity index is 2.18. The highest BCUT2D eigenvalue weighted by atomic mass is 16.5. The van der Waals surface area contributed by atoms with Crippen molar-refractivity contribution in [1.29, 1.82) is 0 Å². The number of carbonyl (C=O) groups excluding carboxylic acids is 2. The van der Waals surface area contributed by atoms with Gasteiger partial charge in [-0.15, -0.1) is 0 Å². The van der Waals surface area contributed by atoms with Gasteiger partial charge in [0.15, 0.2) is 6.10 Å². The summed E-state index contributed by atoms with van der Waals surface area (Å²) in [6.45, 7) is 4.42. The van der Waals surface area contributed by atoms with Crippen LogP contribution in [-0.4, -0.2) is 36.1 Å². The molecule has 22 heavy (non-hydrogen) atoms. The van der Waals surface area contributed by atoms with Gasteiger partial charge >= 0.3 is 0 Å². The number of amides is 2. The topological polar surface area (TPSA) is 78.9 Å². The predicted molar refractivity (Wildman–Crippen MR) is 83.1 cm³/mol. The molecular weight excluding hydrogens is 284 g/mol. The van der Waals surface area contributed by atoms with Crippen LogP contribution >= 0.6 is 0 Å². The van der Waals surface area contributed by atoms with Gasteiger partial charge in [-0.1, -0.05) is 20.3 Å². The minimum Gasteiger partial charge on any atom is -0.508 e. The fourth-order valence-electron chi connectivity index (χ4n) is 2.34. The first-order valence-corrected chi connectivity index (χ1v) is 7.64. The monoisotopic (exact) mass is 306 g/mol. The van der Waals surface area contributed by atoms with Crippen LogP contribution in [0, 0.1) is 0 Å². The smallest absolute Gasteiger partial charge is 0.268 e. The first kappa shape index (κ1) is 16.1. The number of rotatable bonds is 6. The van der Waals surface area contributed by atoms with Crippen LogP contribution in [0.1, 0.15) is 33.1 Å². The Kier molecular flexibility index (Phi) is 5.25. The molecule has 1 aliphatic heterocycles. The third-order valence-corrected chi connectivity index (χ3v) is 3.57. The predicted octanol–water partition coefficient (Wildman–Crippen LogP) is 1.81. The van der Waals surface area contributed by atoms with Crippen LogP contribution < -0.4 is 15.0 Å². The van der Waals surface area contributed by atoms with E-state index in [9.17, 15) is 14.7 Å². The lowest BCUT2D eigenvalue weighted by molar-refractivity contribution is -0.129. The molecule has 1 unspecified atom stereocenters. The molecule has 6 heteroatoms. The van der Waals surface area contributed by atoms with E-state index in [1.54, 1.807) is 6.07 Å². The van der Waals surface area contributed by atoms with Crippen LogP contribution in [0.3, 0.4) is 0 Å². The van der Waals surface area contributed by atoms with Crippen LogP contribution in [0.5, 0.6) is 11.5 Å². The van der Waals surface area contributed by atoms with Gasteiger partial charge in [0.1, 0.15) is 18.0 Å². The third-order valence-electron chi connectivity index (χ3n) is 3.57. The van der Waals surface area contributed by atoms with Gasteiger partial charge in [0.05, 0.1) is 5.69 Å². The largest absolute Gasteiger partial charge is 0.508 e. The van der Waals surface area contributed by atoms with E-state index in [0.717, 1.165) is 12.8 Å². The summed E-state index contributed by atoms with van der Waals surface area (Å²) in [4.78, 5) is 25.8. The molecule has 0 saturated carbocycles. The van der Waals surface area contributed by atoms with Crippen molar-refractivity contribution in [1.82, 2.24) is 5.32 Å². The van der Waals surface area contributed by atoms with Crippen molar-refractivity contribution in [3.63, 3.8) is 0 Å². The molecule has 2 rings (SSSR count). The number of phenols is 1. The van der Waals surface area contributed by atoms with E-state index < -0.39 is 6.10 Å². The Hall–Kier alpha value is -2.24. The Bertz CT molecular complexity index is 559. The molecule has 120 valence electrons. The number of nitrogens with one attached hydrogen (secondary N) is 1. The quantitative estimate of drug-likeness (QED) is 0.786. The minimum absolute atomic E-state index is 0.0292. The summed E-state index contributed by atoms with van der Waals surface area (Å²) < 4.78 is 5.62. The van der Waals surface area contributed by atoms with Crippen molar-refractivity contribution in [3.8, 4) is 11.5 Å². The number of hydrogen-bond donors (Lipinski definition) is 2. The number of aromatic hydroxyl groups is 1. The zero-order chi connectivity index (χ0) is 16.1. The maximum absolute atomic E-state index is 12.4. The van der Waals surface area contributed by atoms with E-state index in [1.165, 1.54) is 17.0 Å². The molecule has 1 aliphatic rings. The van der Waals surface area contributed by atoms with E-state index >= 15 is 0 Å². The van der Waals surface area contributed by atoms with E-state index in [2.05, 4.69) is 5.32 Å². The van der Waals surface area contributed by atoms with Crippen LogP contribution in [0.2, 0.25) is 0 Å². The van der Waals surface area contributed by atoms with Gasteiger partial charge in [0.2, 0.25) is 5.91 Å². The summed E-state index contributed by atoms with van der Waals surface area (Å²) in [6.07, 6.45) is 1.82. The normalized spacial score (nSPS) is 16.9. The fraction of sp³-hybridized carbons (Fsp3) is 0.500. The summed E-state index contributed by atoms with van der Waals surface area (Å²) in [5, 5.41) is 12.4. The fourth-order valence-corrected chi connectivity index (χ4v) is 2.34. The number of benzene rings is 1. The molecule has 1 heterocycles.